The van der Waals surface area contributed by atoms with Crippen molar-refractivity contribution in [2.45, 2.75) is 0 Å². The van der Waals surface area contributed by atoms with Crippen LogP contribution in [0.25, 0.3) is 21.9 Å². The van der Waals surface area contributed by atoms with Gasteiger partial charge in [-0.25, -0.2) is 8.78 Å². The molecule has 0 heterocycles. The molecule has 0 aliphatic carbocycles. The average molecular weight is 256 g/mol. The Labute approximate surface area is 108 Å². The summed E-state index contributed by atoms with van der Waals surface area (Å²) in [6.07, 6.45) is 0. The van der Waals surface area contributed by atoms with Crippen LogP contribution in [0.4, 0.5) is 8.78 Å². The summed E-state index contributed by atoms with van der Waals surface area (Å²) < 4.78 is 26.6. The number of benzene rings is 3. The van der Waals surface area contributed by atoms with Crippen molar-refractivity contribution in [2.24, 2.45) is 0 Å². The topological polar surface area (TPSA) is 20.2 Å². The summed E-state index contributed by atoms with van der Waals surface area (Å²) in [6, 6.07) is 13.9. The average Bonchev–Trinajstić information content (AvgIpc) is 2.38. The van der Waals surface area contributed by atoms with Crippen molar-refractivity contribution in [2.75, 3.05) is 0 Å². The molecule has 1 N–H and O–H groups in total. The van der Waals surface area contributed by atoms with E-state index in [1.54, 1.807) is 30.3 Å². The molecule has 0 radical (unpaired) electrons. The third-order valence-electron chi connectivity index (χ3n) is 3.07. The Kier molecular flexibility index (Phi) is 2.67. The first-order valence-electron chi connectivity index (χ1n) is 5.82. The van der Waals surface area contributed by atoms with Gasteiger partial charge in [0.1, 0.15) is 17.4 Å². The van der Waals surface area contributed by atoms with E-state index in [2.05, 4.69) is 0 Å². The van der Waals surface area contributed by atoms with Crippen molar-refractivity contribution in [3.05, 3.63) is 66.2 Å². The lowest BCUT2D eigenvalue weighted by Crippen LogP contribution is -1.86. The second kappa shape index (κ2) is 4.35. The van der Waals surface area contributed by atoms with Crippen LogP contribution < -0.4 is 0 Å². The lowest BCUT2D eigenvalue weighted by molar-refractivity contribution is 0.476. The molecule has 0 unspecified atom stereocenters. The Hall–Kier alpha value is -2.42. The van der Waals surface area contributed by atoms with Crippen molar-refractivity contribution in [1.82, 2.24) is 0 Å². The van der Waals surface area contributed by atoms with Gasteiger partial charge in [-0.3, -0.25) is 0 Å². The van der Waals surface area contributed by atoms with Crippen LogP contribution in [-0.4, -0.2) is 5.11 Å². The molecule has 0 bridgehead atoms. The number of aromatic hydroxyl groups is 1. The van der Waals surface area contributed by atoms with E-state index in [0.29, 0.717) is 11.1 Å². The first-order chi connectivity index (χ1) is 9.13. The van der Waals surface area contributed by atoms with E-state index in [-0.39, 0.29) is 5.75 Å². The quantitative estimate of drug-likeness (QED) is 0.680. The maximum Gasteiger partial charge on any atom is 0.133 e. The number of fused-ring (bicyclic) bond motifs is 1. The zero-order valence-corrected chi connectivity index (χ0v) is 9.90. The predicted molar refractivity (Wildman–Crippen MR) is 71.0 cm³/mol. The Balaban J connectivity index is 2.17. The Morgan fingerprint density at radius 2 is 1.47 bits per heavy atom. The highest BCUT2D eigenvalue weighted by atomic mass is 19.1. The zero-order valence-electron chi connectivity index (χ0n) is 9.90. The third-order valence-corrected chi connectivity index (χ3v) is 3.07. The highest BCUT2D eigenvalue weighted by molar-refractivity contribution is 5.88. The smallest absolute Gasteiger partial charge is 0.133 e. The van der Waals surface area contributed by atoms with Gasteiger partial charge in [0.2, 0.25) is 0 Å². The molecule has 0 amide bonds. The van der Waals surface area contributed by atoms with Crippen LogP contribution in [0.5, 0.6) is 5.75 Å². The Morgan fingerprint density at radius 3 is 2.26 bits per heavy atom. The monoisotopic (exact) mass is 256 g/mol. The van der Waals surface area contributed by atoms with Crippen molar-refractivity contribution in [3.63, 3.8) is 0 Å². The van der Waals surface area contributed by atoms with Gasteiger partial charge in [-0.05, 0) is 46.7 Å². The first kappa shape index (κ1) is 11.7. The van der Waals surface area contributed by atoms with Crippen LogP contribution in [0, 0.1) is 11.6 Å². The molecule has 0 spiro atoms. The molecular formula is C16H10F2O. The molecule has 0 atom stereocenters. The van der Waals surface area contributed by atoms with Crippen molar-refractivity contribution < 1.29 is 13.9 Å². The number of rotatable bonds is 1. The van der Waals surface area contributed by atoms with E-state index in [4.69, 9.17) is 0 Å². The van der Waals surface area contributed by atoms with Crippen LogP contribution in [0.1, 0.15) is 0 Å². The second-order valence-electron chi connectivity index (χ2n) is 4.37. The van der Waals surface area contributed by atoms with Crippen LogP contribution in [0.15, 0.2) is 54.6 Å². The standard InChI is InChI=1S/C16H10F2O/c17-13-4-6-15(16(18)9-13)12-2-1-11-8-14(19)5-3-10(11)7-12/h1-9,19H. The molecule has 1 nitrogen and oxygen atoms in total. The van der Waals surface area contributed by atoms with Crippen LogP contribution in [-0.2, 0) is 0 Å². The van der Waals surface area contributed by atoms with Gasteiger partial charge in [0, 0.05) is 11.6 Å². The van der Waals surface area contributed by atoms with Gasteiger partial charge in [0.15, 0.2) is 0 Å². The molecule has 3 aromatic carbocycles. The molecule has 3 heteroatoms. The molecular weight excluding hydrogens is 246 g/mol. The summed E-state index contributed by atoms with van der Waals surface area (Å²) >= 11 is 0. The van der Waals surface area contributed by atoms with E-state index in [0.717, 1.165) is 16.8 Å². The number of hydrogen-bond acceptors (Lipinski definition) is 1. The Bertz CT molecular complexity index is 766. The highest BCUT2D eigenvalue weighted by Crippen LogP contribution is 2.28. The van der Waals surface area contributed by atoms with Gasteiger partial charge in [-0.2, -0.15) is 0 Å². The van der Waals surface area contributed by atoms with E-state index in [1.165, 1.54) is 12.1 Å². The van der Waals surface area contributed by atoms with Crippen LogP contribution in [0.2, 0.25) is 0 Å². The van der Waals surface area contributed by atoms with Gasteiger partial charge in [-0.15, -0.1) is 0 Å². The molecule has 3 rings (SSSR count). The van der Waals surface area contributed by atoms with Crippen molar-refractivity contribution >= 4 is 10.8 Å². The SMILES string of the molecule is Oc1ccc2cc(-c3ccc(F)cc3F)ccc2c1. The number of phenols is 1. The fraction of sp³-hybridized carbons (Fsp3) is 0. The van der Waals surface area contributed by atoms with Crippen LogP contribution >= 0.6 is 0 Å². The lowest BCUT2D eigenvalue weighted by atomic mass is 10.0. The van der Waals surface area contributed by atoms with Crippen LogP contribution in [0.3, 0.4) is 0 Å². The summed E-state index contributed by atoms with van der Waals surface area (Å²) in [7, 11) is 0. The molecule has 0 aliphatic rings. The van der Waals surface area contributed by atoms with Crippen molar-refractivity contribution in [3.8, 4) is 16.9 Å². The zero-order chi connectivity index (χ0) is 13.4. The maximum atomic E-state index is 13.7. The van der Waals surface area contributed by atoms with E-state index in [9.17, 15) is 13.9 Å². The summed E-state index contributed by atoms with van der Waals surface area (Å²) in [5.74, 6) is -0.988. The van der Waals surface area contributed by atoms with Gasteiger partial charge < -0.3 is 5.11 Å². The fourth-order valence-electron chi connectivity index (χ4n) is 2.12. The second-order valence-corrected chi connectivity index (χ2v) is 4.37. The normalized spacial score (nSPS) is 10.8. The molecule has 0 fully saturated rings. The molecule has 0 aliphatic heterocycles. The fourth-order valence-corrected chi connectivity index (χ4v) is 2.12. The molecule has 0 saturated carbocycles. The van der Waals surface area contributed by atoms with Gasteiger partial charge in [0.25, 0.3) is 0 Å². The van der Waals surface area contributed by atoms with E-state index in [1.807, 2.05) is 6.07 Å². The Morgan fingerprint density at radius 1 is 0.737 bits per heavy atom. The third kappa shape index (κ3) is 2.15. The minimum Gasteiger partial charge on any atom is -0.508 e. The van der Waals surface area contributed by atoms with E-state index >= 15 is 0 Å². The van der Waals surface area contributed by atoms with Gasteiger partial charge in [0.05, 0.1) is 0 Å². The van der Waals surface area contributed by atoms with Gasteiger partial charge >= 0.3 is 0 Å². The minimum atomic E-state index is -0.591. The molecule has 3 aromatic rings. The number of halogens is 2. The minimum absolute atomic E-state index is 0.188. The highest BCUT2D eigenvalue weighted by Gasteiger charge is 2.07. The summed E-state index contributed by atoms with van der Waals surface area (Å²) in [6.45, 7) is 0. The largest absolute Gasteiger partial charge is 0.508 e. The molecule has 94 valence electrons. The number of phenolic OH excluding ortho intramolecular Hbond substituents is 1. The summed E-state index contributed by atoms with van der Waals surface area (Å²) in [4.78, 5) is 0. The molecule has 19 heavy (non-hydrogen) atoms. The van der Waals surface area contributed by atoms with E-state index < -0.39 is 11.6 Å². The summed E-state index contributed by atoms with van der Waals surface area (Å²) in [5.41, 5.74) is 1.03. The van der Waals surface area contributed by atoms with Crippen molar-refractivity contribution in [1.29, 1.82) is 0 Å². The molecule has 0 aromatic heterocycles. The van der Waals surface area contributed by atoms with Gasteiger partial charge in [-0.1, -0.05) is 18.2 Å². The number of hydrogen-bond donors (Lipinski definition) is 1. The predicted octanol–water partition coefficient (Wildman–Crippen LogP) is 4.49. The lowest BCUT2D eigenvalue weighted by Gasteiger charge is -2.06. The first-order valence-corrected chi connectivity index (χ1v) is 5.82. The molecule has 0 saturated heterocycles. The summed E-state index contributed by atoms with van der Waals surface area (Å²) in [5, 5.41) is 11.1. The maximum absolute atomic E-state index is 13.7.